The number of fused-ring (bicyclic) bond motifs is 1. The molecule has 0 atom stereocenters. The largest absolute Gasteiger partial charge is 0.362 e. The minimum atomic E-state index is 0.413. The van der Waals surface area contributed by atoms with Crippen molar-refractivity contribution in [2.45, 2.75) is 13.1 Å². The summed E-state index contributed by atoms with van der Waals surface area (Å²) in [5, 5.41) is 13.2. The quantitative estimate of drug-likeness (QED) is 0.508. The predicted molar refractivity (Wildman–Crippen MR) is 110 cm³/mol. The van der Waals surface area contributed by atoms with E-state index < -0.39 is 0 Å². The number of rotatable bonds is 6. The molecule has 0 saturated carbocycles. The highest BCUT2D eigenvalue weighted by Gasteiger charge is 2.23. The number of aryl methyl sites for hydroxylation is 1. The van der Waals surface area contributed by atoms with Crippen molar-refractivity contribution in [1.82, 2.24) is 34.7 Å². The summed E-state index contributed by atoms with van der Waals surface area (Å²) in [7, 11) is 2.03. The number of aromatic nitrogens is 6. The van der Waals surface area contributed by atoms with Crippen molar-refractivity contribution >= 4 is 34.3 Å². The molecule has 4 aromatic heterocycles. The Morgan fingerprint density at radius 1 is 1.14 bits per heavy atom. The number of anilines is 2. The number of hydrogen-bond donors (Lipinski definition) is 1. The molecule has 5 rings (SSSR count). The van der Waals surface area contributed by atoms with Gasteiger partial charge in [-0.2, -0.15) is 0 Å². The highest BCUT2D eigenvalue weighted by atomic mass is 32.1. The van der Waals surface area contributed by atoms with Crippen LogP contribution in [0.4, 0.5) is 11.6 Å². The topological polar surface area (TPSA) is 101 Å². The van der Waals surface area contributed by atoms with E-state index >= 15 is 0 Å². The van der Waals surface area contributed by atoms with Gasteiger partial charge >= 0.3 is 0 Å². The zero-order valence-corrected chi connectivity index (χ0v) is 16.8. The molecule has 0 aliphatic carbocycles. The third-order valence-electron chi connectivity index (χ3n) is 5.06. The molecule has 0 bridgehead atoms. The first kappa shape index (κ1) is 18.0. The van der Waals surface area contributed by atoms with Gasteiger partial charge in [-0.25, -0.2) is 19.6 Å². The van der Waals surface area contributed by atoms with E-state index in [1.807, 2.05) is 25.5 Å². The van der Waals surface area contributed by atoms with E-state index in [1.54, 1.807) is 11.3 Å². The average molecular weight is 411 g/mol. The Morgan fingerprint density at radius 3 is 2.69 bits per heavy atom. The monoisotopic (exact) mass is 411 g/mol. The number of piperazine rings is 1. The van der Waals surface area contributed by atoms with Crippen molar-refractivity contribution in [3.8, 4) is 0 Å². The third-order valence-corrected chi connectivity index (χ3v) is 5.94. The fourth-order valence-electron chi connectivity index (χ4n) is 3.42. The highest BCUT2D eigenvalue weighted by molar-refractivity contribution is 7.09. The lowest BCUT2D eigenvalue weighted by molar-refractivity contribution is 0.241. The SMILES string of the molecule is Cn1ccnc1CN1CCN(c2nc3nonc3nc2NCc2cccs2)CC1. The lowest BCUT2D eigenvalue weighted by Gasteiger charge is -2.35. The molecule has 1 saturated heterocycles. The van der Waals surface area contributed by atoms with Gasteiger partial charge in [0.15, 0.2) is 11.6 Å². The number of nitrogens with zero attached hydrogens (tertiary/aromatic N) is 8. The van der Waals surface area contributed by atoms with Crippen LogP contribution in [0, 0.1) is 0 Å². The van der Waals surface area contributed by atoms with Crippen molar-refractivity contribution in [3.05, 3.63) is 40.6 Å². The molecule has 29 heavy (non-hydrogen) atoms. The van der Waals surface area contributed by atoms with E-state index in [0.29, 0.717) is 23.7 Å². The van der Waals surface area contributed by atoms with Crippen molar-refractivity contribution in [2.75, 3.05) is 36.4 Å². The van der Waals surface area contributed by atoms with Crippen molar-refractivity contribution in [2.24, 2.45) is 7.05 Å². The zero-order chi connectivity index (χ0) is 19.6. The number of hydrogen-bond acceptors (Lipinski definition) is 10. The van der Waals surface area contributed by atoms with Crippen LogP contribution in [0.2, 0.25) is 0 Å². The molecule has 1 N–H and O–H groups in total. The summed E-state index contributed by atoms with van der Waals surface area (Å²) in [5.74, 6) is 2.58. The second-order valence-electron chi connectivity index (χ2n) is 6.96. The fourth-order valence-corrected chi connectivity index (χ4v) is 4.06. The van der Waals surface area contributed by atoms with Gasteiger partial charge in [0.25, 0.3) is 0 Å². The maximum Gasteiger partial charge on any atom is 0.245 e. The highest BCUT2D eigenvalue weighted by Crippen LogP contribution is 2.26. The van der Waals surface area contributed by atoms with E-state index in [9.17, 15) is 0 Å². The summed E-state index contributed by atoms with van der Waals surface area (Å²) in [6, 6.07) is 4.14. The van der Waals surface area contributed by atoms with Crippen molar-refractivity contribution in [1.29, 1.82) is 0 Å². The van der Waals surface area contributed by atoms with E-state index in [1.165, 1.54) is 4.88 Å². The van der Waals surface area contributed by atoms with Gasteiger partial charge in [0.1, 0.15) is 5.82 Å². The van der Waals surface area contributed by atoms with Crippen LogP contribution in [0.25, 0.3) is 11.3 Å². The van der Waals surface area contributed by atoms with Crippen LogP contribution in [0.15, 0.2) is 34.5 Å². The molecule has 11 heteroatoms. The van der Waals surface area contributed by atoms with Gasteiger partial charge in [0, 0.05) is 50.5 Å². The number of nitrogens with one attached hydrogen (secondary N) is 1. The molecule has 0 amide bonds. The first-order valence-corrected chi connectivity index (χ1v) is 10.3. The molecule has 0 unspecified atom stereocenters. The Kier molecular flexibility index (Phi) is 4.82. The van der Waals surface area contributed by atoms with Crippen LogP contribution in [-0.4, -0.2) is 60.9 Å². The molecule has 10 nitrogen and oxygen atoms in total. The molecule has 1 aliphatic rings. The molecule has 1 fully saturated rings. The van der Waals surface area contributed by atoms with Gasteiger partial charge in [-0.05, 0) is 21.8 Å². The predicted octanol–water partition coefficient (Wildman–Crippen LogP) is 1.74. The summed E-state index contributed by atoms with van der Waals surface area (Å²) in [6.07, 6.45) is 3.82. The lowest BCUT2D eigenvalue weighted by atomic mass is 10.3. The first-order valence-electron chi connectivity index (χ1n) is 9.46. The van der Waals surface area contributed by atoms with Gasteiger partial charge in [-0.1, -0.05) is 6.07 Å². The Balaban J connectivity index is 1.32. The minimum absolute atomic E-state index is 0.413. The minimum Gasteiger partial charge on any atom is -0.362 e. The van der Waals surface area contributed by atoms with Crippen LogP contribution in [-0.2, 0) is 20.1 Å². The van der Waals surface area contributed by atoms with Crippen LogP contribution >= 0.6 is 11.3 Å². The van der Waals surface area contributed by atoms with Crippen molar-refractivity contribution < 1.29 is 4.63 Å². The molecule has 0 radical (unpaired) electrons. The van der Waals surface area contributed by atoms with Crippen LogP contribution in [0.1, 0.15) is 10.7 Å². The maximum absolute atomic E-state index is 4.81. The zero-order valence-electron chi connectivity index (χ0n) is 16.0. The van der Waals surface area contributed by atoms with E-state index in [0.717, 1.165) is 44.4 Å². The smallest absolute Gasteiger partial charge is 0.245 e. The fraction of sp³-hybridized carbons (Fsp3) is 0.389. The molecular weight excluding hydrogens is 390 g/mol. The molecule has 0 spiro atoms. The van der Waals surface area contributed by atoms with Gasteiger partial charge < -0.3 is 14.8 Å². The summed E-state index contributed by atoms with van der Waals surface area (Å²) in [6.45, 7) is 5.09. The average Bonchev–Trinajstić information content (AvgIpc) is 3.49. The molecule has 4 aromatic rings. The number of imidazole rings is 1. The first-order chi connectivity index (χ1) is 14.3. The molecule has 150 valence electrons. The lowest BCUT2D eigenvalue weighted by Crippen LogP contribution is -2.46. The number of thiophene rings is 1. The standard InChI is InChI=1S/C18H21N9OS/c1-25-5-4-19-14(25)12-26-6-8-27(9-7-26)18-17(20-11-13-3-2-10-29-13)21-15-16(22-18)24-28-23-15/h2-5,10H,6-9,11-12H2,1H3,(H,20,21,23). The van der Waals surface area contributed by atoms with Gasteiger partial charge in [0.05, 0.1) is 13.1 Å². The third kappa shape index (κ3) is 3.78. The normalized spacial score (nSPS) is 15.3. The summed E-state index contributed by atoms with van der Waals surface area (Å²) < 4.78 is 6.88. The van der Waals surface area contributed by atoms with Gasteiger partial charge in [-0.15, -0.1) is 11.3 Å². The Bertz CT molecular complexity index is 1080. The van der Waals surface area contributed by atoms with E-state index in [-0.39, 0.29) is 0 Å². The summed E-state index contributed by atoms with van der Waals surface area (Å²) in [5.41, 5.74) is 0.841. The van der Waals surface area contributed by atoms with Gasteiger partial charge in [0.2, 0.25) is 11.3 Å². The molecule has 1 aliphatic heterocycles. The van der Waals surface area contributed by atoms with Crippen LogP contribution in [0.5, 0.6) is 0 Å². The Hall–Kier alpha value is -3.05. The van der Waals surface area contributed by atoms with E-state index in [4.69, 9.17) is 4.63 Å². The second-order valence-corrected chi connectivity index (χ2v) is 7.99. The van der Waals surface area contributed by atoms with Gasteiger partial charge in [-0.3, -0.25) is 4.90 Å². The summed E-state index contributed by atoms with van der Waals surface area (Å²) in [4.78, 5) is 19.6. The molecule has 0 aromatic carbocycles. The Labute approximate surface area is 171 Å². The second kappa shape index (κ2) is 7.76. The van der Waals surface area contributed by atoms with Crippen LogP contribution < -0.4 is 10.2 Å². The summed E-state index contributed by atoms with van der Waals surface area (Å²) >= 11 is 1.71. The van der Waals surface area contributed by atoms with Crippen molar-refractivity contribution in [3.63, 3.8) is 0 Å². The maximum atomic E-state index is 4.81. The van der Waals surface area contributed by atoms with Crippen LogP contribution in [0.3, 0.4) is 0 Å². The molecule has 5 heterocycles. The molecular formula is C18H21N9OS. The Morgan fingerprint density at radius 2 is 1.97 bits per heavy atom. The van der Waals surface area contributed by atoms with E-state index in [2.05, 4.69) is 56.4 Å².